The van der Waals surface area contributed by atoms with E-state index in [2.05, 4.69) is 32.9 Å². The fourth-order valence-corrected chi connectivity index (χ4v) is 1.03. The van der Waals surface area contributed by atoms with Gasteiger partial charge in [-0.05, 0) is 40.0 Å². The Kier molecular flexibility index (Phi) is 8.57. The zero-order valence-corrected chi connectivity index (χ0v) is 8.68. The molecule has 0 amide bonds. The van der Waals surface area contributed by atoms with Crippen LogP contribution in [0.15, 0.2) is 12.2 Å². The van der Waals surface area contributed by atoms with Gasteiger partial charge < -0.3 is 4.74 Å². The van der Waals surface area contributed by atoms with Gasteiger partial charge in [0.1, 0.15) is 0 Å². The van der Waals surface area contributed by atoms with E-state index in [1.165, 1.54) is 25.7 Å². The van der Waals surface area contributed by atoms with Gasteiger partial charge in [-0.25, -0.2) is 0 Å². The summed E-state index contributed by atoms with van der Waals surface area (Å²) < 4.78 is 5.43. The molecule has 0 radical (unpaired) electrons. The standard InChI is InChI=1S/C11H22O/c1-4-5-6-7-8-9-10-12-11(2)3/h4-5,11H,6-10H2,1-3H3/b5-4+. The molecule has 0 N–H and O–H groups in total. The summed E-state index contributed by atoms with van der Waals surface area (Å²) >= 11 is 0. The van der Waals surface area contributed by atoms with Crippen molar-refractivity contribution in [3.8, 4) is 0 Å². The van der Waals surface area contributed by atoms with Crippen LogP contribution in [0.5, 0.6) is 0 Å². The highest BCUT2D eigenvalue weighted by Gasteiger charge is 1.92. The molecule has 0 fully saturated rings. The SMILES string of the molecule is C/C=C/CCCCCOC(C)C. The normalized spacial score (nSPS) is 11.7. The molecule has 0 spiro atoms. The van der Waals surface area contributed by atoms with Crippen molar-refractivity contribution in [3.63, 3.8) is 0 Å². The summed E-state index contributed by atoms with van der Waals surface area (Å²) in [6.45, 7) is 7.16. The predicted molar refractivity (Wildman–Crippen MR) is 54.4 cm³/mol. The largest absolute Gasteiger partial charge is 0.379 e. The van der Waals surface area contributed by atoms with E-state index >= 15 is 0 Å². The lowest BCUT2D eigenvalue weighted by Crippen LogP contribution is -2.03. The smallest absolute Gasteiger partial charge is 0.0518 e. The summed E-state index contributed by atoms with van der Waals surface area (Å²) in [6.07, 6.45) is 9.74. The lowest BCUT2D eigenvalue weighted by molar-refractivity contribution is 0.0758. The molecule has 0 heterocycles. The Morgan fingerprint density at radius 3 is 2.50 bits per heavy atom. The van der Waals surface area contributed by atoms with Gasteiger partial charge in [0.15, 0.2) is 0 Å². The van der Waals surface area contributed by atoms with Crippen molar-refractivity contribution in [2.75, 3.05) is 6.61 Å². The Balaban J connectivity index is 2.91. The Labute approximate surface area is 76.8 Å². The zero-order valence-electron chi connectivity index (χ0n) is 8.68. The first kappa shape index (κ1) is 11.7. The molecule has 0 saturated heterocycles. The summed E-state index contributed by atoms with van der Waals surface area (Å²) in [7, 11) is 0. The van der Waals surface area contributed by atoms with Crippen LogP contribution in [0.2, 0.25) is 0 Å². The predicted octanol–water partition coefficient (Wildman–Crippen LogP) is 3.55. The molecule has 0 aromatic heterocycles. The van der Waals surface area contributed by atoms with Crippen molar-refractivity contribution in [1.29, 1.82) is 0 Å². The number of ether oxygens (including phenoxy) is 1. The van der Waals surface area contributed by atoms with Crippen LogP contribution in [-0.4, -0.2) is 12.7 Å². The van der Waals surface area contributed by atoms with Crippen LogP contribution in [0.1, 0.15) is 46.5 Å². The van der Waals surface area contributed by atoms with Gasteiger partial charge in [0.05, 0.1) is 6.10 Å². The van der Waals surface area contributed by atoms with Gasteiger partial charge >= 0.3 is 0 Å². The molecule has 0 saturated carbocycles. The number of rotatable bonds is 7. The minimum atomic E-state index is 0.389. The van der Waals surface area contributed by atoms with Crippen LogP contribution in [0.4, 0.5) is 0 Å². The van der Waals surface area contributed by atoms with Crippen molar-refractivity contribution in [3.05, 3.63) is 12.2 Å². The highest BCUT2D eigenvalue weighted by Crippen LogP contribution is 2.01. The lowest BCUT2D eigenvalue weighted by atomic mass is 10.2. The molecule has 0 aromatic carbocycles. The maximum absolute atomic E-state index is 5.43. The summed E-state index contributed by atoms with van der Waals surface area (Å²) in [5.41, 5.74) is 0. The van der Waals surface area contributed by atoms with Gasteiger partial charge in [-0.1, -0.05) is 18.6 Å². The van der Waals surface area contributed by atoms with Crippen LogP contribution >= 0.6 is 0 Å². The second-order valence-electron chi connectivity index (χ2n) is 3.34. The third kappa shape index (κ3) is 9.70. The van der Waals surface area contributed by atoms with Crippen LogP contribution in [0.25, 0.3) is 0 Å². The molecule has 1 heteroatoms. The van der Waals surface area contributed by atoms with Crippen LogP contribution in [0, 0.1) is 0 Å². The molecular formula is C11H22O. The van der Waals surface area contributed by atoms with E-state index in [1.54, 1.807) is 0 Å². The molecule has 0 bridgehead atoms. The monoisotopic (exact) mass is 170 g/mol. The minimum absolute atomic E-state index is 0.389. The molecule has 0 unspecified atom stereocenters. The van der Waals surface area contributed by atoms with Crippen molar-refractivity contribution < 1.29 is 4.74 Å². The number of hydrogen-bond acceptors (Lipinski definition) is 1. The summed E-state index contributed by atoms with van der Waals surface area (Å²) in [4.78, 5) is 0. The average molecular weight is 170 g/mol. The number of hydrogen-bond donors (Lipinski definition) is 0. The minimum Gasteiger partial charge on any atom is -0.379 e. The van der Waals surface area contributed by atoms with E-state index in [1.807, 2.05) is 0 Å². The van der Waals surface area contributed by atoms with Crippen molar-refractivity contribution in [1.82, 2.24) is 0 Å². The summed E-state index contributed by atoms with van der Waals surface area (Å²) in [6, 6.07) is 0. The zero-order chi connectivity index (χ0) is 9.23. The van der Waals surface area contributed by atoms with Gasteiger partial charge in [-0.3, -0.25) is 0 Å². The van der Waals surface area contributed by atoms with Crippen LogP contribution in [0.3, 0.4) is 0 Å². The van der Waals surface area contributed by atoms with Gasteiger partial charge in [-0.2, -0.15) is 0 Å². The highest BCUT2D eigenvalue weighted by atomic mass is 16.5. The first-order chi connectivity index (χ1) is 5.77. The number of allylic oxidation sites excluding steroid dienone is 2. The van der Waals surface area contributed by atoms with E-state index in [0.717, 1.165) is 6.61 Å². The molecule has 0 atom stereocenters. The maximum Gasteiger partial charge on any atom is 0.0518 e. The van der Waals surface area contributed by atoms with Crippen molar-refractivity contribution in [2.24, 2.45) is 0 Å². The molecule has 0 rings (SSSR count). The van der Waals surface area contributed by atoms with Gasteiger partial charge in [0.25, 0.3) is 0 Å². The molecule has 0 aliphatic heterocycles. The molecule has 72 valence electrons. The molecular weight excluding hydrogens is 148 g/mol. The van der Waals surface area contributed by atoms with E-state index in [9.17, 15) is 0 Å². The fourth-order valence-electron chi connectivity index (χ4n) is 1.03. The fraction of sp³-hybridized carbons (Fsp3) is 0.818. The first-order valence-electron chi connectivity index (χ1n) is 5.00. The summed E-state index contributed by atoms with van der Waals surface area (Å²) in [5.74, 6) is 0. The first-order valence-corrected chi connectivity index (χ1v) is 5.00. The lowest BCUT2D eigenvalue weighted by Gasteiger charge is -2.05. The maximum atomic E-state index is 5.43. The van der Waals surface area contributed by atoms with Gasteiger partial charge in [0, 0.05) is 6.61 Å². The third-order valence-corrected chi connectivity index (χ3v) is 1.70. The average Bonchev–Trinajstić information content (AvgIpc) is 2.02. The van der Waals surface area contributed by atoms with Gasteiger partial charge in [-0.15, -0.1) is 0 Å². The molecule has 12 heavy (non-hydrogen) atoms. The van der Waals surface area contributed by atoms with E-state index in [-0.39, 0.29) is 0 Å². The van der Waals surface area contributed by atoms with E-state index < -0.39 is 0 Å². The van der Waals surface area contributed by atoms with E-state index in [4.69, 9.17) is 4.74 Å². The van der Waals surface area contributed by atoms with Crippen molar-refractivity contribution in [2.45, 2.75) is 52.6 Å². The van der Waals surface area contributed by atoms with Gasteiger partial charge in [0.2, 0.25) is 0 Å². The quantitative estimate of drug-likeness (QED) is 0.419. The molecule has 0 aromatic rings. The van der Waals surface area contributed by atoms with Crippen LogP contribution in [-0.2, 0) is 4.74 Å². The summed E-state index contributed by atoms with van der Waals surface area (Å²) in [5, 5.41) is 0. The Morgan fingerprint density at radius 2 is 1.92 bits per heavy atom. The molecule has 0 aliphatic rings. The number of unbranched alkanes of at least 4 members (excludes halogenated alkanes) is 3. The highest BCUT2D eigenvalue weighted by molar-refractivity contribution is 4.76. The second kappa shape index (κ2) is 8.79. The van der Waals surface area contributed by atoms with E-state index in [0.29, 0.717) is 6.10 Å². The topological polar surface area (TPSA) is 9.23 Å². The Morgan fingerprint density at radius 1 is 1.17 bits per heavy atom. The molecule has 1 nitrogen and oxygen atoms in total. The Hall–Kier alpha value is -0.300. The molecule has 0 aliphatic carbocycles. The Bertz CT molecular complexity index is 106. The van der Waals surface area contributed by atoms with Crippen molar-refractivity contribution >= 4 is 0 Å². The third-order valence-electron chi connectivity index (χ3n) is 1.70. The van der Waals surface area contributed by atoms with Crippen LogP contribution < -0.4 is 0 Å². The second-order valence-corrected chi connectivity index (χ2v) is 3.34.